The van der Waals surface area contributed by atoms with Gasteiger partial charge in [-0.05, 0) is 57.7 Å². The van der Waals surface area contributed by atoms with Crippen molar-refractivity contribution in [1.82, 2.24) is 15.1 Å². The average Bonchev–Trinajstić information content (AvgIpc) is 3.18. The van der Waals surface area contributed by atoms with Crippen molar-refractivity contribution in [3.63, 3.8) is 0 Å². The van der Waals surface area contributed by atoms with Crippen LogP contribution < -0.4 is 5.32 Å². The van der Waals surface area contributed by atoms with Crippen LogP contribution in [0.5, 0.6) is 0 Å². The molecule has 2 heterocycles. The van der Waals surface area contributed by atoms with Gasteiger partial charge < -0.3 is 10.2 Å². The molecule has 3 rings (SSSR count). The lowest BCUT2D eigenvalue weighted by Crippen LogP contribution is -2.51. The summed E-state index contributed by atoms with van der Waals surface area (Å²) in [5, 5.41) is 3.99. The third kappa shape index (κ3) is 5.74. The summed E-state index contributed by atoms with van der Waals surface area (Å²) in [5.74, 6) is -0.288. The summed E-state index contributed by atoms with van der Waals surface area (Å²) in [6.45, 7) is 7.69. The lowest BCUT2D eigenvalue weighted by Gasteiger charge is -2.33. The van der Waals surface area contributed by atoms with Crippen LogP contribution in [0.2, 0.25) is 10.0 Å². The average molecular weight is 438 g/mol. The third-order valence-electron chi connectivity index (χ3n) is 5.67. The summed E-state index contributed by atoms with van der Waals surface area (Å²) in [5.41, 5.74) is 1.68. The number of hydrogen-bond acceptors (Lipinski definition) is 3. The highest BCUT2D eigenvalue weighted by Gasteiger charge is 2.36. The van der Waals surface area contributed by atoms with Crippen molar-refractivity contribution in [1.29, 1.82) is 0 Å². The van der Waals surface area contributed by atoms with Crippen molar-refractivity contribution in [3.8, 4) is 0 Å². The molecule has 29 heavy (non-hydrogen) atoms. The molecule has 2 aliphatic rings. The Balaban J connectivity index is 1.57. The zero-order chi connectivity index (χ0) is 21.0. The minimum atomic E-state index is -0.443. The normalized spacial score (nSPS) is 20.6. The zero-order valence-electron chi connectivity index (χ0n) is 17.1. The van der Waals surface area contributed by atoms with Crippen LogP contribution in [0.4, 0.5) is 0 Å². The number of allylic oxidation sites excluding steroid dienone is 1. The van der Waals surface area contributed by atoms with Gasteiger partial charge in [0.2, 0.25) is 5.91 Å². The van der Waals surface area contributed by atoms with Crippen LogP contribution in [0.25, 0.3) is 0 Å². The number of rotatable bonds is 5. The standard InChI is InChI=1S/C22H29Cl2N3O2/c1-15(2)7-11-26-12-8-17(9-13-26)25-21(28)20-4-3-10-27(20)22(29)18-14-16(23)5-6-19(18)24/h5-7,14,17,20H,3-4,8-13H2,1-2H3,(H,25,28). The first-order valence-electron chi connectivity index (χ1n) is 10.3. The second-order valence-electron chi connectivity index (χ2n) is 8.15. The van der Waals surface area contributed by atoms with Crippen LogP contribution in [0.3, 0.4) is 0 Å². The first-order chi connectivity index (χ1) is 13.8. The molecule has 0 bridgehead atoms. The molecule has 5 nitrogen and oxygen atoms in total. The Bertz CT molecular complexity index is 784. The van der Waals surface area contributed by atoms with E-state index in [-0.39, 0.29) is 17.9 Å². The summed E-state index contributed by atoms with van der Waals surface area (Å²) >= 11 is 12.2. The Labute approximate surface area is 183 Å². The lowest BCUT2D eigenvalue weighted by atomic mass is 10.0. The first-order valence-corrected chi connectivity index (χ1v) is 11.0. The van der Waals surface area contributed by atoms with Crippen LogP contribution >= 0.6 is 23.2 Å². The SMILES string of the molecule is CC(C)=CCN1CCC(NC(=O)C2CCCN2C(=O)c2cc(Cl)ccc2Cl)CC1. The molecular formula is C22H29Cl2N3O2. The maximum atomic E-state index is 13.0. The van der Waals surface area contributed by atoms with Crippen LogP contribution in [0.1, 0.15) is 49.9 Å². The van der Waals surface area contributed by atoms with E-state index in [4.69, 9.17) is 23.2 Å². The highest BCUT2D eigenvalue weighted by molar-refractivity contribution is 6.35. The fraction of sp³-hybridized carbons (Fsp3) is 0.545. The monoisotopic (exact) mass is 437 g/mol. The third-order valence-corrected chi connectivity index (χ3v) is 6.23. The van der Waals surface area contributed by atoms with Crippen LogP contribution in [-0.4, -0.2) is 59.9 Å². The number of carbonyl (C=O) groups is 2. The predicted molar refractivity (Wildman–Crippen MR) is 118 cm³/mol. The highest BCUT2D eigenvalue weighted by atomic mass is 35.5. The number of amides is 2. The number of benzene rings is 1. The fourth-order valence-electron chi connectivity index (χ4n) is 3.97. The maximum Gasteiger partial charge on any atom is 0.256 e. The molecule has 1 N–H and O–H groups in total. The second kappa shape index (κ2) is 9.96. The Hall–Kier alpha value is -1.56. The molecule has 2 aliphatic heterocycles. The Morgan fingerprint density at radius 1 is 1.14 bits per heavy atom. The molecule has 7 heteroatoms. The van der Waals surface area contributed by atoms with E-state index in [1.807, 2.05) is 0 Å². The lowest BCUT2D eigenvalue weighted by molar-refractivity contribution is -0.125. The van der Waals surface area contributed by atoms with Crippen LogP contribution in [0.15, 0.2) is 29.8 Å². The van der Waals surface area contributed by atoms with Gasteiger partial charge in [0, 0.05) is 37.2 Å². The maximum absolute atomic E-state index is 13.0. The number of likely N-dealkylation sites (tertiary alicyclic amines) is 2. The van der Waals surface area contributed by atoms with Gasteiger partial charge in [0.05, 0.1) is 10.6 Å². The number of hydrogen-bond donors (Lipinski definition) is 1. The summed E-state index contributed by atoms with van der Waals surface area (Å²) in [6.07, 6.45) is 5.59. The summed E-state index contributed by atoms with van der Waals surface area (Å²) < 4.78 is 0. The summed E-state index contributed by atoms with van der Waals surface area (Å²) in [4.78, 5) is 29.9. The highest BCUT2D eigenvalue weighted by Crippen LogP contribution is 2.26. The minimum Gasteiger partial charge on any atom is -0.351 e. The van der Waals surface area contributed by atoms with E-state index in [1.165, 1.54) is 5.57 Å². The number of nitrogens with zero attached hydrogens (tertiary/aromatic N) is 2. The van der Waals surface area contributed by atoms with Crippen molar-refractivity contribution < 1.29 is 9.59 Å². The van der Waals surface area contributed by atoms with E-state index < -0.39 is 6.04 Å². The molecule has 2 saturated heterocycles. The topological polar surface area (TPSA) is 52.7 Å². The molecule has 0 radical (unpaired) electrons. The van der Waals surface area contributed by atoms with Gasteiger partial charge in [0.15, 0.2) is 0 Å². The molecule has 0 saturated carbocycles. The molecule has 158 valence electrons. The van der Waals surface area contributed by atoms with Gasteiger partial charge >= 0.3 is 0 Å². The van der Waals surface area contributed by atoms with E-state index in [0.29, 0.717) is 28.6 Å². The quantitative estimate of drug-likeness (QED) is 0.703. The molecular weight excluding hydrogens is 409 g/mol. The van der Waals surface area contributed by atoms with E-state index in [2.05, 4.69) is 30.1 Å². The van der Waals surface area contributed by atoms with Gasteiger partial charge in [-0.15, -0.1) is 0 Å². The molecule has 1 atom stereocenters. The molecule has 1 aromatic carbocycles. The molecule has 0 aromatic heterocycles. The molecule has 0 aliphatic carbocycles. The Morgan fingerprint density at radius 2 is 1.86 bits per heavy atom. The first kappa shape index (κ1) is 22.1. The number of piperidine rings is 1. The second-order valence-corrected chi connectivity index (χ2v) is 8.99. The molecule has 1 unspecified atom stereocenters. The number of nitrogens with one attached hydrogen (secondary N) is 1. The van der Waals surface area contributed by atoms with Crippen LogP contribution in [-0.2, 0) is 4.79 Å². The van der Waals surface area contributed by atoms with E-state index in [1.54, 1.807) is 23.1 Å². The van der Waals surface area contributed by atoms with Crippen LogP contribution in [0, 0.1) is 0 Å². The molecule has 2 fully saturated rings. The van der Waals surface area contributed by atoms with Crippen molar-refractivity contribution in [2.24, 2.45) is 0 Å². The largest absolute Gasteiger partial charge is 0.351 e. The van der Waals surface area contributed by atoms with Gasteiger partial charge in [-0.1, -0.05) is 34.9 Å². The van der Waals surface area contributed by atoms with Crippen molar-refractivity contribution in [2.45, 2.75) is 51.6 Å². The minimum absolute atomic E-state index is 0.0586. The van der Waals surface area contributed by atoms with E-state index >= 15 is 0 Å². The van der Waals surface area contributed by atoms with Gasteiger partial charge in [-0.25, -0.2) is 0 Å². The Morgan fingerprint density at radius 3 is 2.55 bits per heavy atom. The number of carbonyl (C=O) groups excluding carboxylic acids is 2. The van der Waals surface area contributed by atoms with Gasteiger partial charge in [0.25, 0.3) is 5.91 Å². The Kier molecular flexibility index (Phi) is 7.60. The summed E-state index contributed by atoms with van der Waals surface area (Å²) in [7, 11) is 0. The van der Waals surface area contributed by atoms with Crippen molar-refractivity contribution in [2.75, 3.05) is 26.2 Å². The van der Waals surface area contributed by atoms with Gasteiger partial charge in [-0.3, -0.25) is 14.5 Å². The molecule has 2 amide bonds. The van der Waals surface area contributed by atoms with Crippen molar-refractivity contribution >= 4 is 35.0 Å². The van der Waals surface area contributed by atoms with Gasteiger partial charge in [-0.2, -0.15) is 0 Å². The predicted octanol–water partition coefficient (Wildman–Crippen LogP) is 4.14. The van der Waals surface area contributed by atoms with E-state index in [0.717, 1.165) is 38.9 Å². The van der Waals surface area contributed by atoms with Gasteiger partial charge in [0.1, 0.15) is 6.04 Å². The smallest absolute Gasteiger partial charge is 0.256 e. The molecule has 0 spiro atoms. The number of halogens is 2. The summed E-state index contributed by atoms with van der Waals surface area (Å²) in [6, 6.07) is 4.56. The van der Waals surface area contributed by atoms with E-state index in [9.17, 15) is 9.59 Å². The zero-order valence-corrected chi connectivity index (χ0v) is 18.6. The fourth-order valence-corrected chi connectivity index (χ4v) is 4.34. The molecule has 1 aromatic rings. The van der Waals surface area contributed by atoms with Crippen molar-refractivity contribution in [3.05, 3.63) is 45.5 Å².